The Hall–Kier alpha value is -2.49. The summed E-state index contributed by atoms with van der Waals surface area (Å²) in [5, 5.41) is 32.4. The molecule has 4 rings (SSSR count). The van der Waals surface area contributed by atoms with Crippen LogP contribution in [0, 0.1) is 36.0 Å². The van der Waals surface area contributed by atoms with Crippen molar-refractivity contribution >= 4 is 16.7 Å². The lowest BCUT2D eigenvalue weighted by molar-refractivity contribution is -0.157. The third-order valence-corrected chi connectivity index (χ3v) is 9.60. The predicted octanol–water partition coefficient (Wildman–Crippen LogP) is 7.05. The van der Waals surface area contributed by atoms with Crippen molar-refractivity contribution in [1.82, 2.24) is 0 Å². The van der Waals surface area contributed by atoms with Crippen molar-refractivity contribution in [1.29, 1.82) is 0 Å². The molecule has 3 N–H and O–H groups in total. The van der Waals surface area contributed by atoms with Gasteiger partial charge in [-0.3, -0.25) is 4.79 Å². The summed E-state index contributed by atoms with van der Waals surface area (Å²) in [6, 6.07) is 5.79. The van der Waals surface area contributed by atoms with Crippen molar-refractivity contribution in [3.63, 3.8) is 0 Å². The summed E-state index contributed by atoms with van der Waals surface area (Å²) < 4.78 is 0. The zero-order valence-electron chi connectivity index (χ0n) is 20.7. The quantitative estimate of drug-likeness (QED) is 0.344. The molecule has 2 fully saturated rings. The van der Waals surface area contributed by atoms with Gasteiger partial charge in [0.2, 0.25) is 0 Å². The highest BCUT2D eigenvalue weighted by Crippen LogP contribution is 2.64. The number of hydrogen-bond acceptors (Lipinski definition) is 3. The molecule has 0 amide bonds. The van der Waals surface area contributed by atoms with E-state index < -0.39 is 11.4 Å². The Morgan fingerprint density at radius 2 is 1.79 bits per heavy atom. The molecule has 0 saturated heterocycles. The second-order valence-electron chi connectivity index (χ2n) is 11.6. The van der Waals surface area contributed by atoms with E-state index in [9.17, 15) is 20.1 Å². The van der Waals surface area contributed by atoms with Crippen LogP contribution < -0.4 is 0 Å². The third kappa shape index (κ3) is 3.62. The van der Waals surface area contributed by atoms with Gasteiger partial charge in [0.05, 0.1) is 5.41 Å². The smallest absolute Gasteiger partial charge is 0.309 e. The van der Waals surface area contributed by atoms with E-state index in [2.05, 4.69) is 33.4 Å². The number of allylic oxidation sites excluding steroid dienone is 1. The van der Waals surface area contributed by atoms with E-state index in [0.29, 0.717) is 12.0 Å². The Morgan fingerprint density at radius 1 is 1.09 bits per heavy atom. The number of carboxylic acids is 1. The van der Waals surface area contributed by atoms with Crippen LogP contribution in [-0.4, -0.2) is 21.3 Å². The fraction of sp³-hybridized carbons (Fsp3) is 0.552. The summed E-state index contributed by atoms with van der Waals surface area (Å²) in [5.74, 6) is -0.553. The number of aromatic hydroxyl groups is 2. The summed E-state index contributed by atoms with van der Waals surface area (Å²) in [5.41, 5.74) is 3.60. The highest BCUT2D eigenvalue weighted by Gasteiger charge is 2.56. The van der Waals surface area contributed by atoms with Gasteiger partial charge >= 0.3 is 5.97 Å². The fourth-order valence-electron chi connectivity index (χ4n) is 6.85. The van der Waals surface area contributed by atoms with Gasteiger partial charge in [-0.15, -0.1) is 0 Å². The van der Waals surface area contributed by atoms with Gasteiger partial charge in [0.25, 0.3) is 0 Å². The van der Waals surface area contributed by atoms with E-state index in [-0.39, 0.29) is 28.2 Å². The SMILES string of the molecule is C=C1CCC2(C)CCC(C)(C(=O)O)CC2C1(C)CCc1c(C)ccc2c(C)c(O)c(O)cc12. The first kappa shape index (κ1) is 23.7. The van der Waals surface area contributed by atoms with E-state index in [1.54, 1.807) is 6.07 Å². The normalized spacial score (nSPS) is 32.0. The molecule has 4 heteroatoms. The molecule has 2 aromatic carbocycles. The number of fused-ring (bicyclic) bond motifs is 2. The zero-order chi connectivity index (χ0) is 24.3. The number of carbonyl (C=O) groups is 1. The van der Waals surface area contributed by atoms with Crippen molar-refractivity contribution < 1.29 is 20.1 Å². The van der Waals surface area contributed by atoms with E-state index in [4.69, 9.17) is 0 Å². The molecule has 2 saturated carbocycles. The minimum atomic E-state index is -0.682. The van der Waals surface area contributed by atoms with Crippen molar-refractivity contribution in [2.75, 3.05) is 0 Å². The minimum absolute atomic E-state index is 0.0594. The van der Waals surface area contributed by atoms with Gasteiger partial charge in [0, 0.05) is 5.56 Å². The number of hydrogen-bond donors (Lipinski definition) is 3. The van der Waals surface area contributed by atoms with Crippen LogP contribution in [0.4, 0.5) is 0 Å². The lowest BCUT2D eigenvalue weighted by atomic mass is 9.45. The van der Waals surface area contributed by atoms with Crippen LogP contribution in [-0.2, 0) is 11.2 Å². The molecule has 4 unspecified atom stereocenters. The van der Waals surface area contributed by atoms with Gasteiger partial charge < -0.3 is 15.3 Å². The minimum Gasteiger partial charge on any atom is -0.504 e. The van der Waals surface area contributed by atoms with Gasteiger partial charge in [0.15, 0.2) is 11.5 Å². The van der Waals surface area contributed by atoms with Crippen LogP contribution in [0.3, 0.4) is 0 Å². The van der Waals surface area contributed by atoms with E-state index in [1.165, 1.54) is 16.7 Å². The predicted molar refractivity (Wildman–Crippen MR) is 133 cm³/mol. The van der Waals surface area contributed by atoms with Crippen molar-refractivity contribution in [3.8, 4) is 11.5 Å². The summed E-state index contributed by atoms with van der Waals surface area (Å²) in [4.78, 5) is 12.1. The maximum atomic E-state index is 12.1. The number of rotatable bonds is 4. The van der Waals surface area contributed by atoms with Crippen LogP contribution in [0.2, 0.25) is 0 Å². The maximum absolute atomic E-state index is 12.1. The monoisotopic (exact) mass is 450 g/mol. The molecule has 0 spiro atoms. The molecular formula is C29H38O4. The first-order chi connectivity index (χ1) is 15.3. The molecule has 178 valence electrons. The van der Waals surface area contributed by atoms with Gasteiger partial charge in [-0.2, -0.15) is 0 Å². The van der Waals surface area contributed by atoms with Crippen LogP contribution in [0.1, 0.15) is 76.0 Å². The standard InChI is InChI=1S/C29H38O4/c1-17-7-8-21-19(3)25(31)23(30)15-22(21)20(17)10-12-29(6)18(2)9-11-27(4)13-14-28(5,26(32)33)16-24(27)29/h7-8,15,24,30-31H,2,9-14,16H2,1,3-6H3,(H,32,33). The van der Waals surface area contributed by atoms with Gasteiger partial charge in [0.1, 0.15) is 0 Å². The highest BCUT2D eigenvalue weighted by atomic mass is 16.4. The summed E-state index contributed by atoms with van der Waals surface area (Å²) in [7, 11) is 0. The molecule has 33 heavy (non-hydrogen) atoms. The number of phenolic OH excluding ortho intramolecular Hbond substituents is 2. The van der Waals surface area contributed by atoms with Gasteiger partial charge in [-0.25, -0.2) is 0 Å². The second kappa shape index (κ2) is 7.78. The average Bonchev–Trinajstić information content (AvgIpc) is 2.76. The Kier molecular flexibility index (Phi) is 5.58. The highest BCUT2D eigenvalue weighted by molar-refractivity contribution is 5.93. The Morgan fingerprint density at radius 3 is 2.45 bits per heavy atom. The molecule has 0 aromatic heterocycles. The van der Waals surface area contributed by atoms with Crippen LogP contribution >= 0.6 is 0 Å². The fourth-order valence-corrected chi connectivity index (χ4v) is 6.85. The molecule has 2 aromatic rings. The Balaban J connectivity index is 1.74. The topological polar surface area (TPSA) is 77.8 Å². The van der Waals surface area contributed by atoms with Gasteiger partial charge in [-0.1, -0.05) is 38.1 Å². The summed E-state index contributed by atoms with van der Waals surface area (Å²) in [6.45, 7) is 15.0. The van der Waals surface area contributed by atoms with E-state index in [1.807, 2.05) is 19.9 Å². The third-order valence-electron chi connectivity index (χ3n) is 9.60. The lowest BCUT2D eigenvalue weighted by Crippen LogP contribution is -2.52. The summed E-state index contributed by atoms with van der Waals surface area (Å²) in [6.07, 6.45) is 6.17. The molecule has 4 atom stereocenters. The molecule has 0 heterocycles. The van der Waals surface area contributed by atoms with Crippen LogP contribution in [0.25, 0.3) is 10.8 Å². The molecule has 0 aliphatic heterocycles. The van der Waals surface area contributed by atoms with Crippen molar-refractivity contribution in [3.05, 3.63) is 47.0 Å². The first-order valence-corrected chi connectivity index (χ1v) is 12.2. The molecule has 0 radical (unpaired) electrons. The Labute approximate surface area is 197 Å². The first-order valence-electron chi connectivity index (χ1n) is 12.2. The summed E-state index contributed by atoms with van der Waals surface area (Å²) >= 11 is 0. The number of carboxylic acid groups (broad SMARTS) is 1. The molecule has 2 aliphatic carbocycles. The zero-order valence-corrected chi connectivity index (χ0v) is 20.7. The number of aliphatic carboxylic acids is 1. The largest absolute Gasteiger partial charge is 0.504 e. The molecule has 0 bridgehead atoms. The maximum Gasteiger partial charge on any atom is 0.309 e. The molecule has 4 nitrogen and oxygen atoms in total. The average molecular weight is 451 g/mol. The van der Waals surface area contributed by atoms with Crippen molar-refractivity contribution in [2.24, 2.45) is 22.2 Å². The molecular weight excluding hydrogens is 412 g/mol. The van der Waals surface area contributed by atoms with Gasteiger partial charge in [-0.05, 0) is 110 Å². The number of aryl methyl sites for hydroxylation is 3. The van der Waals surface area contributed by atoms with E-state index >= 15 is 0 Å². The molecule has 2 aliphatic rings. The van der Waals surface area contributed by atoms with E-state index in [0.717, 1.165) is 49.3 Å². The second-order valence-corrected chi connectivity index (χ2v) is 11.6. The van der Waals surface area contributed by atoms with Crippen LogP contribution in [0.15, 0.2) is 30.4 Å². The van der Waals surface area contributed by atoms with Crippen LogP contribution in [0.5, 0.6) is 11.5 Å². The Bertz CT molecular complexity index is 1150. The lowest BCUT2D eigenvalue weighted by Gasteiger charge is -2.59. The number of benzene rings is 2. The van der Waals surface area contributed by atoms with Crippen molar-refractivity contribution in [2.45, 2.75) is 79.6 Å². The number of phenols is 2.